The highest BCUT2D eigenvalue weighted by molar-refractivity contribution is 6.08. The van der Waals surface area contributed by atoms with Gasteiger partial charge in [-0.05, 0) is 41.5 Å². The van der Waals surface area contributed by atoms with Crippen molar-refractivity contribution in [1.82, 2.24) is 0 Å². The molecule has 1 aliphatic carbocycles. The lowest BCUT2D eigenvalue weighted by molar-refractivity contribution is -0.164. The van der Waals surface area contributed by atoms with E-state index in [9.17, 15) is 9.59 Å². The van der Waals surface area contributed by atoms with Crippen LogP contribution in [0.3, 0.4) is 0 Å². The summed E-state index contributed by atoms with van der Waals surface area (Å²) in [5, 5.41) is 0. The topological polar surface area (TPSA) is 65.0 Å². The van der Waals surface area contributed by atoms with Crippen molar-refractivity contribution < 1.29 is 19.1 Å². The number of carbonyl (C=O) groups is 2. The molecule has 1 fully saturated rings. The Morgan fingerprint density at radius 2 is 1.67 bits per heavy atom. The maximum atomic E-state index is 12.5. The minimum atomic E-state index is -0.626. The van der Waals surface area contributed by atoms with Gasteiger partial charge < -0.3 is 9.47 Å². The van der Waals surface area contributed by atoms with Gasteiger partial charge in [-0.25, -0.2) is 0 Å². The van der Waals surface area contributed by atoms with E-state index in [-0.39, 0.29) is 29.2 Å². The van der Waals surface area contributed by atoms with Gasteiger partial charge in [-0.15, -0.1) is 0 Å². The molecule has 0 aromatic heterocycles. The molecule has 0 aromatic rings. The Hall–Kier alpha value is -1.23. The standard InChI is InChI=1S/C22H39NO4/c1-14(13-17(24)16(3)23-18-15(2)22(18,9)10)19(25)27-21(7,8)11-12-26-20(4,5)6/h14-16H,11-13H2,1-10H3/t14-,15?,16+/m1/s1. The van der Waals surface area contributed by atoms with Crippen LogP contribution in [-0.2, 0) is 19.1 Å². The minimum absolute atomic E-state index is 0.0178. The monoisotopic (exact) mass is 381 g/mol. The van der Waals surface area contributed by atoms with Crippen LogP contribution in [0.2, 0.25) is 0 Å². The van der Waals surface area contributed by atoms with Crippen LogP contribution in [0.25, 0.3) is 0 Å². The van der Waals surface area contributed by atoms with E-state index in [4.69, 9.17) is 9.47 Å². The van der Waals surface area contributed by atoms with Crippen molar-refractivity contribution >= 4 is 17.5 Å². The number of aliphatic imine (C=N–C) groups is 1. The van der Waals surface area contributed by atoms with Gasteiger partial charge in [0.25, 0.3) is 0 Å². The lowest BCUT2D eigenvalue weighted by Gasteiger charge is -2.28. The van der Waals surface area contributed by atoms with Gasteiger partial charge in [0, 0.05) is 29.9 Å². The van der Waals surface area contributed by atoms with Gasteiger partial charge in [0.2, 0.25) is 0 Å². The second-order valence-electron chi connectivity index (χ2n) is 10.1. The van der Waals surface area contributed by atoms with E-state index in [1.54, 1.807) is 6.92 Å². The van der Waals surface area contributed by atoms with Gasteiger partial charge >= 0.3 is 5.97 Å². The number of ketones is 1. The zero-order chi connectivity index (χ0) is 21.2. The molecule has 27 heavy (non-hydrogen) atoms. The van der Waals surface area contributed by atoms with E-state index in [0.717, 1.165) is 5.71 Å². The van der Waals surface area contributed by atoms with E-state index >= 15 is 0 Å². The van der Waals surface area contributed by atoms with Crippen LogP contribution in [0.15, 0.2) is 4.99 Å². The predicted molar refractivity (Wildman–Crippen MR) is 109 cm³/mol. The smallest absolute Gasteiger partial charge is 0.309 e. The summed E-state index contributed by atoms with van der Waals surface area (Å²) in [5.41, 5.74) is 0.348. The Labute approximate surface area is 165 Å². The summed E-state index contributed by atoms with van der Waals surface area (Å²) < 4.78 is 11.3. The average Bonchev–Trinajstić information content (AvgIpc) is 2.94. The Kier molecular flexibility index (Phi) is 7.42. The molecule has 0 saturated heterocycles. The molecule has 1 saturated carbocycles. The van der Waals surface area contributed by atoms with Gasteiger partial charge in [0.15, 0.2) is 5.78 Å². The van der Waals surface area contributed by atoms with Crippen molar-refractivity contribution in [2.45, 2.75) is 99.3 Å². The molecule has 5 nitrogen and oxygen atoms in total. The number of Topliss-reactive ketones (excluding diaryl/α,β-unsaturated/α-hetero) is 1. The summed E-state index contributed by atoms with van der Waals surface area (Å²) in [4.78, 5) is 29.4. The number of hydrogen-bond donors (Lipinski definition) is 0. The Balaban J connectivity index is 2.50. The molecule has 0 bridgehead atoms. The van der Waals surface area contributed by atoms with Crippen molar-refractivity contribution in [2.75, 3.05) is 6.61 Å². The number of ether oxygens (including phenoxy) is 2. The van der Waals surface area contributed by atoms with Crippen LogP contribution in [0.4, 0.5) is 0 Å². The number of carbonyl (C=O) groups excluding carboxylic acids is 2. The van der Waals surface area contributed by atoms with Gasteiger partial charge in [0.1, 0.15) is 11.6 Å². The average molecular weight is 382 g/mol. The quantitative estimate of drug-likeness (QED) is 0.547. The van der Waals surface area contributed by atoms with Crippen LogP contribution in [0.5, 0.6) is 0 Å². The molecular formula is C22H39NO4. The van der Waals surface area contributed by atoms with E-state index in [0.29, 0.717) is 18.9 Å². The molecule has 0 radical (unpaired) electrons. The number of esters is 1. The first-order chi connectivity index (χ1) is 12.1. The first-order valence-electron chi connectivity index (χ1n) is 10.0. The second kappa shape index (κ2) is 8.42. The molecule has 0 N–H and O–H groups in total. The fourth-order valence-corrected chi connectivity index (χ4v) is 2.88. The molecule has 156 valence electrons. The third kappa shape index (κ3) is 7.36. The lowest BCUT2D eigenvalue weighted by Crippen LogP contribution is -2.34. The predicted octanol–water partition coefficient (Wildman–Crippen LogP) is 4.61. The molecule has 1 rings (SSSR count). The fourth-order valence-electron chi connectivity index (χ4n) is 2.88. The maximum absolute atomic E-state index is 12.5. The van der Waals surface area contributed by atoms with Crippen LogP contribution < -0.4 is 0 Å². The third-order valence-electron chi connectivity index (χ3n) is 5.39. The highest BCUT2D eigenvalue weighted by Gasteiger charge is 2.51. The molecule has 1 aliphatic rings. The summed E-state index contributed by atoms with van der Waals surface area (Å²) in [6.07, 6.45) is 0.758. The first kappa shape index (κ1) is 23.8. The van der Waals surface area contributed by atoms with Crippen LogP contribution in [0, 0.1) is 17.3 Å². The Bertz CT molecular complexity index is 584. The largest absolute Gasteiger partial charge is 0.459 e. The van der Waals surface area contributed by atoms with E-state index in [1.165, 1.54) is 0 Å². The third-order valence-corrected chi connectivity index (χ3v) is 5.39. The summed E-state index contributed by atoms with van der Waals surface area (Å²) in [5.74, 6) is -0.418. The SMILES string of the molecule is CC1C(=N[C@@H](C)C(=O)C[C@@H](C)C(=O)OC(C)(C)CCOC(C)(C)C)C1(C)C. The molecular weight excluding hydrogens is 342 g/mol. The lowest BCUT2D eigenvalue weighted by atomic mass is 10.00. The molecule has 0 aromatic carbocycles. The molecule has 0 spiro atoms. The highest BCUT2D eigenvalue weighted by atomic mass is 16.6. The fraction of sp³-hybridized carbons (Fsp3) is 0.864. The molecule has 0 amide bonds. The van der Waals surface area contributed by atoms with Gasteiger partial charge in [0.05, 0.1) is 18.1 Å². The minimum Gasteiger partial charge on any atom is -0.459 e. The summed E-state index contributed by atoms with van der Waals surface area (Å²) in [6, 6.07) is -0.410. The van der Waals surface area contributed by atoms with Crippen molar-refractivity contribution in [3.05, 3.63) is 0 Å². The summed E-state index contributed by atoms with van der Waals surface area (Å²) in [6.45, 7) is 20.2. The maximum Gasteiger partial charge on any atom is 0.309 e. The number of nitrogens with zero attached hydrogens (tertiary/aromatic N) is 1. The van der Waals surface area contributed by atoms with Crippen molar-refractivity contribution in [3.8, 4) is 0 Å². The molecule has 5 heteroatoms. The van der Waals surface area contributed by atoms with Gasteiger partial charge in [-0.1, -0.05) is 27.7 Å². The molecule has 0 aliphatic heterocycles. The highest BCUT2D eigenvalue weighted by Crippen LogP contribution is 2.48. The van der Waals surface area contributed by atoms with Crippen molar-refractivity contribution in [3.63, 3.8) is 0 Å². The number of hydrogen-bond acceptors (Lipinski definition) is 5. The van der Waals surface area contributed by atoms with E-state index in [1.807, 2.05) is 41.5 Å². The molecule has 0 heterocycles. The van der Waals surface area contributed by atoms with E-state index in [2.05, 4.69) is 25.8 Å². The number of rotatable bonds is 9. The zero-order valence-electron chi connectivity index (χ0n) is 18.9. The molecule has 1 unspecified atom stereocenters. The Morgan fingerprint density at radius 3 is 2.11 bits per heavy atom. The van der Waals surface area contributed by atoms with Crippen LogP contribution >= 0.6 is 0 Å². The summed E-state index contributed by atoms with van der Waals surface area (Å²) >= 11 is 0. The second-order valence-corrected chi connectivity index (χ2v) is 10.1. The molecule has 3 atom stereocenters. The van der Waals surface area contributed by atoms with Crippen LogP contribution in [-0.4, -0.2) is 41.3 Å². The van der Waals surface area contributed by atoms with Crippen LogP contribution in [0.1, 0.15) is 82.1 Å². The van der Waals surface area contributed by atoms with Crippen molar-refractivity contribution in [1.29, 1.82) is 0 Å². The zero-order valence-corrected chi connectivity index (χ0v) is 18.9. The first-order valence-corrected chi connectivity index (χ1v) is 10.0. The van der Waals surface area contributed by atoms with E-state index < -0.39 is 17.6 Å². The van der Waals surface area contributed by atoms with Gasteiger partial charge in [-0.2, -0.15) is 0 Å². The van der Waals surface area contributed by atoms with Crippen molar-refractivity contribution in [2.24, 2.45) is 22.2 Å². The van der Waals surface area contributed by atoms with Gasteiger partial charge in [-0.3, -0.25) is 14.6 Å². The Morgan fingerprint density at radius 1 is 1.15 bits per heavy atom. The summed E-state index contributed by atoms with van der Waals surface area (Å²) in [7, 11) is 0. The normalized spacial score (nSPS) is 23.0.